The van der Waals surface area contributed by atoms with E-state index in [1.807, 2.05) is 38.2 Å². The van der Waals surface area contributed by atoms with Gasteiger partial charge in [-0.3, -0.25) is 10.1 Å². The molecule has 2 rings (SSSR count). The number of nitrogens with one attached hydrogen (secondary N) is 1. The molecule has 1 heterocycles. The predicted molar refractivity (Wildman–Crippen MR) is 85.8 cm³/mol. The van der Waals surface area contributed by atoms with Gasteiger partial charge in [0.15, 0.2) is 0 Å². The van der Waals surface area contributed by atoms with Gasteiger partial charge in [-0.15, -0.1) is 24.2 Å². The number of ether oxygens (including phenoxy) is 1. The van der Waals surface area contributed by atoms with Gasteiger partial charge in [-0.25, -0.2) is 0 Å². The third-order valence-electron chi connectivity index (χ3n) is 3.08. The molecular formula is C14H21ClN2O2S. The Hall–Kier alpha value is -0.910. The first kappa shape index (κ1) is 17.1. The number of nitrogens with zero attached hydrogens (tertiary/aromatic N) is 1. The average molecular weight is 317 g/mol. The molecule has 0 spiro atoms. The van der Waals surface area contributed by atoms with Gasteiger partial charge in [0.05, 0.1) is 12.6 Å². The molecule has 1 atom stereocenters. The Balaban J connectivity index is 0.00000200. The average Bonchev–Trinajstić information content (AvgIpc) is 2.91. The van der Waals surface area contributed by atoms with Crippen molar-refractivity contribution in [2.24, 2.45) is 0 Å². The van der Waals surface area contributed by atoms with Crippen LogP contribution in [0.2, 0.25) is 0 Å². The van der Waals surface area contributed by atoms with Crippen molar-refractivity contribution in [1.82, 2.24) is 10.2 Å². The molecule has 20 heavy (non-hydrogen) atoms. The number of hydrogen-bond acceptors (Lipinski definition) is 4. The zero-order valence-electron chi connectivity index (χ0n) is 11.8. The number of benzene rings is 1. The van der Waals surface area contributed by atoms with E-state index in [9.17, 15) is 4.79 Å². The van der Waals surface area contributed by atoms with Gasteiger partial charge in [0.1, 0.15) is 12.4 Å². The molecule has 6 heteroatoms. The van der Waals surface area contributed by atoms with Crippen LogP contribution in [-0.2, 0) is 4.79 Å². The number of halogens is 1. The van der Waals surface area contributed by atoms with Crippen LogP contribution in [0.25, 0.3) is 0 Å². The second kappa shape index (κ2) is 8.39. The van der Waals surface area contributed by atoms with Crippen molar-refractivity contribution in [2.75, 3.05) is 31.8 Å². The Bertz CT molecular complexity index is 439. The number of aryl methyl sites for hydroxylation is 1. The Morgan fingerprint density at radius 3 is 3.00 bits per heavy atom. The molecule has 0 saturated carbocycles. The van der Waals surface area contributed by atoms with Gasteiger partial charge in [0.2, 0.25) is 5.91 Å². The molecule has 1 fully saturated rings. The van der Waals surface area contributed by atoms with Crippen LogP contribution in [0.15, 0.2) is 24.3 Å². The van der Waals surface area contributed by atoms with E-state index in [2.05, 4.69) is 5.32 Å². The van der Waals surface area contributed by atoms with Gasteiger partial charge in [0, 0.05) is 18.7 Å². The molecule has 1 aliphatic rings. The monoisotopic (exact) mass is 316 g/mol. The van der Waals surface area contributed by atoms with Crippen molar-refractivity contribution in [3.8, 4) is 5.75 Å². The summed E-state index contributed by atoms with van der Waals surface area (Å²) < 4.78 is 5.65. The first-order chi connectivity index (χ1) is 9.16. The highest BCUT2D eigenvalue weighted by atomic mass is 35.5. The second-order valence-corrected chi connectivity index (χ2v) is 5.73. The summed E-state index contributed by atoms with van der Waals surface area (Å²) >= 11 is 1.76. The molecule has 1 aromatic rings. The molecule has 1 aliphatic heterocycles. The molecule has 1 saturated heterocycles. The Morgan fingerprint density at radius 2 is 2.35 bits per heavy atom. The molecule has 0 aliphatic carbocycles. The highest BCUT2D eigenvalue weighted by molar-refractivity contribution is 7.99. The highest BCUT2D eigenvalue weighted by Crippen LogP contribution is 2.13. The van der Waals surface area contributed by atoms with Crippen LogP contribution in [0.1, 0.15) is 5.56 Å². The maximum Gasteiger partial charge on any atom is 0.240 e. The first-order valence-electron chi connectivity index (χ1n) is 6.42. The number of hydrogen-bond donors (Lipinski definition) is 1. The summed E-state index contributed by atoms with van der Waals surface area (Å²) in [6.07, 6.45) is 0. The molecule has 1 N–H and O–H groups in total. The molecule has 1 aromatic carbocycles. The van der Waals surface area contributed by atoms with E-state index >= 15 is 0 Å². The van der Waals surface area contributed by atoms with Crippen molar-refractivity contribution >= 4 is 30.1 Å². The largest absolute Gasteiger partial charge is 0.492 e. The van der Waals surface area contributed by atoms with Gasteiger partial charge in [-0.05, 0) is 24.6 Å². The maximum absolute atomic E-state index is 12.0. The summed E-state index contributed by atoms with van der Waals surface area (Å²) in [5.41, 5.74) is 1.18. The van der Waals surface area contributed by atoms with E-state index in [1.165, 1.54) is 5.56 Å². The number of carbonyl (C=O) groups excluding carboxylic acids is 1. The van der Waals surface area contributed by atoms with Crippen LogP contribution < -0.4 is 10.1 Å². The predicted octanol–water partition coefficient (Wildman–Crippen LogP) is 1.92. The van der Waals surface area contributed by atoms with Crippen molar-refractivity contribution < 1.29 is 9.53 Å². The third kappa shape index (κ3) is 4.89. The molecule has 112 valence electrons. The van der Waals surface area contributed by atoms with Crippen molar-refractivity contribution in [3.63, 3.8) is 0 Å². The van der Waals surface area contributed by atoms with Crippen LogP contribution in [0, 0.1) is 6.92 Å². The fraction of sp³-hybridized carbons (Fsp3) is 0.500. The van der Waals surface area contributed by atoms with Crippen LogP contribution in [0.5, 0.6) is 5.75 Å². The minimum absolute atomic E-state index is 0. The van der Waals surface area contributed by atoms with Gasteiger partial charge in [0.25, 0.3) is 0 Å². The quantitative estimate of drug-likeness (QED) is 0.901. The van der Waals surface area contributed by atoms with Crippen molar-refractivity contribution in [2.45, 2.75) is 13.0 Å². The lowest BCUT2D eigenvalue weighted by Gasteiger charge is -2.20. The minimum atomic E-state index is -0.0334. The molecule has 1 unspecified atom stereocenters. The third-order valence-corrected chi connectivity index (χ3v) is 4.02. The number of carbonyl (C=O) groups is 1. The number of rotatable bonds is 5. The summed E-state index contributed by atoms with van der Waals surface area (Å²) in [6.45, 7) is 3.16. The molecule has 0 radical (unpaired) electrons. The van der Waals surface area contributed by atoms with E-state index in [0.29, 0.717) is 13.2 Å². The summed E-state index contributed by atoms with van der Waals surface area (Å²) in [7, 11) is 1.83. The number of likely N-dealkylation sites (N-methyl/N-ethyl adjacent to an activating group) is 1. The van der Waals surface area contributed by atoms with Gasteiger partial charge < -0.3 is 9.64 Å². The Kier molecular flexibility index (Phi) is 7.19. The highest BCUT2D eigenvalue weighted by Gasteiger charge is 2.25. The smallest absolute Gasteiger partial charge is 0.240 e. The fourth-order valence-electron chi connectivity index (χ4n) is 1.94. The van der Waals surface area contributed by atoms with Crippen molar-refractivity contribution in [1.29, 1.82) is 0 Å². The van der Waals surface area contributed by atoms with E-state index in [1.54, 1.807) is 16.7 Å². The normalized spacial score (nSPS) is 17.4. The molecule has 1 amide bonds. The van der Waals surface area contributed by atoms with Crippen LogP contribution >= 0.6 is 24.2 Å². The molecule has 0 aromatic heterocycles. The van der Waals surface area contributed by atoms with E-state index in [4.69, 9.17) is 4.74 Å². The van der Waals surface area contributed by atoms with Crippen molar-refractivity contribution in [3.05, 3.63) is 29.8 Å². The summed E-state index contributed by atoms with van der Waals surface area (Å²) in [5.74, 6) is 2.74. The Morgan fingerprint density at radius 1 is 1.55 bits per heavy atom. The van der Waals surface area contributed by atoms with Crippen LogP contribution in [0.3, 0.4) is 0 Å². The zero-order valence-corrected chi connectivity index (χ0v) is 13.4. The SMILES string of the molecule is Cc1cccc(OCCN(C)C(=O)C2CSCN2)c1.Cl. The topological polar surface area (TPSA) is 41.6 Å². The summed E-state index contributed by atoms with van der Waals surface area (Å²) in [6, 6.07) is 7.90. The molecular weight excluding hydrogens is 296 g/mol. The lowest BCUT2D eigenvalue weighted by atomic mass is 10.2. The Labute approximate surface area is 130 Å². The van der Waals surface area contributed by atoms with E-state index < -0.39 is 0 Å². The molecule has 0 bridgehead atoms. The lowest BCUT2D eigenvalue weighted by molar-refractivity contribution is -0.131. The number of amides is 1. The minimum Gasteiger partial charge on any atom is -0.492 e. The van der Waals surface area contributed by atoms with E-state index in [-0.39, 0.29) is 24.4 Å². The lowest BCUT2D eigenvalue weighted by Crippen LogP contribution is -2.44. The van der Waals surface area contributed by atoms with Crippen LogP contribution in [-0.4, -0.2) is 48.7 Å². The van der Waals surface area contributed by atoms with E-state index in [0.717, 1.165) is 17.4 Å². The fourth-order valence-corrected chi connectivity index (χ4v) is 2.87. The standard InChI is InChI=1S/C14H20N2O2S.ClH/c1-11-4-3-5-12(8-11)18-7-6-16(2)14(17)13-9-19-10-15-13;/h3-5,8,13,15H,6-7,9-10H2,1-2H3;1H. The zero-order chi connectivity index (χ0) is 13.7. The van der Waals surface area contributed by atoms with Gasteiger partial charge in [-0.1, -0.05) is 12.1 Å². The van der Waals surface area contributed by atoms with Gasteiger partial charge >= 0.3 is 0 Å². The summed E-state index contributed by atoms with van der Waals surface area (Å²) in [4.78, 5) is 13.8. The second-order valence-electron chi connectivity index (χ2n) is 4.70. The summed E-state index contributed by atoms with van der Waals surface area (Å²) in [5, 5.41) is 3.18. The van der Waals surface area contributed by atoms with Gasteiger partial charge in [-0.2, -0.15) is 0 Å². The first-order valence-corrected chi connectivity index (χ1v) is 7.58. The molecule has 4 nitrogen and oxygen atoms in total. The van der Waals surface area contributed by atoms with Crippen LogP contribution in [0.4, 0.5) is 0 Å². The number of thioether (sulfide) groups is 1. The maximum atomic E-state index is 12.0.